The number of carbonyl (C=O) groups is 1. The molecule has 2 heterocycles. The van der Waals surface area contributed by atoms with Gasteiger partial charge in [-0.15, -0.1) is 0 Å². The molecule has 1 amide bonds. The summed E-state index contributed by atoms with van der Waals surface area (Å²) in [5.41, 5.74) is 0.949. The normalized spacial score (nSPS) is 9.93. The predicted molar refractivity (Wildman–Crippen MR) is 48.9 cm³/mol. The van der Waals surface area contributed by atoms with Crippen LogP contribution in [0.1, 0.15) is 16.2 Å². The number of aryl methyl sites for hydroxylation is 1. The average Bonchev–Trinajstić information content (AvgIpc) is 2.71. The van der Waals surface area contributed by atoms with E-state index in [4.69, 9.17) is 0 Å². The highest BCUT2D eigenvalue weighted by Crippen LogP contribution is 1.98. The number of carbonyl (C=O) groups excluding carboxylic acids is 1. The quantitative estimate of drug-likeness (QED) is 0.687. The maximum Gasteiger partial charge on any atom is 0.278 e. The van der Waals surface area contributed by atoms with Crippen LogP contribution in [0.2, 0.25) is 0 Å². The SMILES string of the molecule is Cc1cnc(C(=O)Nc2nnn[nH]2)cn1. The Morgan fingerprint density at radius 2 is 2.27 bits per heavy atom. The summed E-state index contributed by atoms with van der Waals surface area (Å²) >= 11 is 0. The van der Waals surface area contributed by atoms with Gasteiger partial charge < -0.3 is 0 Å². The molecule has 8 nitrogen and oxygen atoms in total. The number of amides is 1. The predicted octanol–water partition coefficient (Wildman–Crippen LogP) is -0.450. The van der Waals surface area contributed by atoms with E-state index in [2.05, 4.69) is 35.9 Å². The number of nitrogens with one attached hydrogen (secondary N) is 2. The average molecular weight is 205 g/mol. The third kappa shape index (κ3) is 2.10. The van der Waals surface area contributed by atoms with E-state index in [1.807, 2.05) is 0 Å². The van der Waals surface area contributed by atoms with Crippen molar-refractivity contribution in [1.29, 1.82) is 0 Å². The second-order valence-corrected chi connectivity index (χ2v) is 2.75. The topological polar surface area (TPSA) is 109 Å². The fraction of sp³-hybridized carbons (Fsp3) is 0.143. The number of rotatable bonds is 2. The maximum atomic E-state index is 11.5. The lowest BCUT2D eigenvalue weighted by atomic mass is 10.4. The van der Waals surface area contributed by atoms with Crippen molar-refractivity contribution in [3.8, 4) is 0 Å². The van der Waals surface area contributed by atoms with Crippen molar-refractivity contribution in [3.05, 3.63) is 23.8 Å². The van der Waals surface area contributed by atoms with Gasteiger partial charge in [-0.2, -0.15) is 0 Å². The molecule has 76 valence electrons. The zero-order valence-corrected chi connectivity index (χ0v) is 7.80. The van der Waals surface area contributed by atoms with Crippen LogP contribution in [-0.4, -0.2) is 36.5 Å². The van der Waals surface area contributed by atoms with Crippen LogP contribution in [0.15, 0.2) is 12.4 Å². The molecule has 0 saturated heterocycles. The summed E-state index contributed by atoms with van der Waals surface area (Å²) in [7, 11) is 0. The van der Waals surface area contributed by atoms with Gasteiger partial charge in [0.25, 0.3) is 5.91 Å². The molecule has 2 N–H and O–H groups in total. The van der Waals surface area contributed by atoms with E-state index in [-0.39, 0.29) is 11.6 Å². The Bertz CT molecular complexity index is 449. The number of aromatic nitrogens is 6. The molecule has 0 fully saturated rings. The van der Waals surface area contributed by atoms with Crippen LogP contribution in [0.25, 0.3) is 0 Å². The van der Waals surface area contributed by atoms with Crippen LogP contribution in [0.5, 0.6) is 0 Å². The molecule has 0 aliphatic carbocycles. The second kappa shape index (κ2) is 3.78. The second-order valence-electron chi connectivity index (χ2n) is 2.75. The fourth-order valence-corrected chi connectivity index (χ4v) is 0.894. The minimum atomic E-state index is -0.416. The largest absolute Gasteiger partial charge is 0.288 e. The van der Waals surface area contributed by atoms with Gasteiger partial charge >= 0.3 is 0 Å². The van der Waals surface area contributed by atoms with Gasteiger partial charge in [0.05, 0.1) is 11.9 Å². The zero-order valence-electron chi connectivity index (χ0n) is 7.80. The molecule has 0 aliphatic rings. The number of aromatic amines is 1. The van der Waals surface area contributed by atoms with Crippen molar-refractivity contribution in [1.82, 2.24) is 30.6 Å². The van der Waals surface area contributed by atoms with Crippen LogP contribution in [0.4, 0.5) is 5.95 Å². The number of tetrazole rings is 1. The third-order valence-corrected chi connectivity index (χ3v) is 1.59. The lowest BCUT2D eigenvalue weighted by molar-refractivity contribution is 0.102. The molecule has 2 rings (SSSR count). The van der Waals surface area contributed by atoms with Crippen molar-refractivity contribution in [3.63, 3.8) is 0 Å². The van der Waals surface area contributed by atoms with E-state index >= 15 is 0 Å². The maximum absolute atomic E-state index is 11.5. The highest BCUT2D eigenvalue weighted by molar-refractivity contribution is 6.01. The van der Waals surface area contributed by atoms with Gasteiger partial charge in [-0.1, -0.05) is 5.10 Å². The first-order valence-electron chi connectivity index (χ1n) is 4.09. The zero-order chi connectivity index (χ0) is 10.7. The Balaban J connectivity index is 2.11. The first kappa shape index (κ1) is 9.19. The third-order valence-electron chi connectivity index (χ3n) is 1.59. The van der Waals surface area contributed by atoms with E-state index in [1.54, 1.807) is 6.92 Å². The first-order valence-corrected chi connectivity index (χ1v) is 4.09. The van der Waals surface area contributed by atoms with Gasteiger partial charge in [0.2, 0.25) is 5.95 Å². The summed E-state index contributed by atoms with van der Waals surface area (Å²) in [4.78, 5) is 19.3. The number of H-pyrrole nitrogens is 1. The number of anilines is 1. The van der Waals surface area contributed by atoms with Crippen molar-refractivity contribution in [2.24, 2.45) is 0 Å². The molecule has 0 radical (unpaired) electrons. The Hall–Kier alpha value is -2.38. The summed E-state index contributed by atoms with van der Waals surface area (Å²) in [6, 6.07) is 0. The molecule has 0 saturated carbocycles. The smallest absolute Gasteiger partial charge is 0.278 e. The molecule has 2 aromatic rings. The molecule has 0 unspecified atom stereocenters. The minimum Gasteiger partial charge on any atom is -0.288 e. The lowest BCUT2D eigenvalue weighted by Crippen LogP contribution is -2.15. The van der Waals surface area contributed by atoms with Gasteiger partial charge in [-0.25, -0.2) is 10.1 Å². The molecule has 8 heteroatoms. The molecule has 0 aliphatic heterocycles. The van der Waals surface area contributed by atoms with Gasteiger partial charge in [-0.05, 0) is 17.4 Å². The van der Waals surface area contributed by atoms with E-state index in [0.717, 1.165) is 5.69 Å². The van der Waals surface area contributed by atoms with Crippen LogP contribution in [-0.2, 0) is 0 Å². The summed E-state index contributed by atoms with van der Waals surface area (Å²) < 4.78 is 0. The van der Waals surface area contributed by atoms with Crippen LogP contribution in [0.3, 0.4) is 0 Å². The lowest BCUT2D eigenvalue weighted by Gasteiger charge is -1.99. The Morgan fingerprint density at radius 1 is 1.40 bits per heavy atom. The van der Waals surface area contributed by atoms with Gasteiger partial charge in [0, 0.05) is 6.20 Å². The van der Waals surface area contributed by atoms with E-state index in [0.29, 0.717) is 0 Å². The van der Waals surface area contributed by atoms with Crippen molar-refractivity contribution < 1.29 is 4.79 Å². The monoisotopic (exact) mass is 205 g/mol. The molecule has 15 heavy (non-hydrogen) atoms. The van der Waals surface area contributed by atoms with Crippen LogP contribution in [0, 0.1) is 6.92 Å². The number of hydrogen-bond acceptors (Lipinski definition) is 6. The van der Waals surface area contributed by atoms with Gasteiger partial charge in [-0.3, -0.25) is 15.1 Å². The summed E-state index contributed by atoms with van der Waals surface area (Å²) in [6.07, 6.45) is 2.89. The fourth-order valence-electron chi connectivity index (χ4n) is 0.894. The molecule has 0 aromatic carbocycles. The number of nitrogens with zero attached hydrogens (tertiary/aromatic N) is 5. The highest BCUT2D eigenvalue weighted by atomic mass is 16.2. The van der Waals surface area contributed by atoms with Crippen molar-refractivity contribution in [2.75, 3.05) is 5.32 Å². The minimum absolute atomic E-state index is 0.169. The van der Waals surface area contributed by atoms with Crippen molar-refractivity contribution in [2.45, 2.75) is 6.92 Å². The first-order chi connectivity index (χ1) is 7.25. The Labute approximate surface area is 84.1 Å². The van der Waals surface area contributed by atoms with E-state index in [9.17, 15) is 4.79 Å². The van der Waals surface area contributed by atoms with Gasteiger partial charge in [0.15, 0.2) is 0 Å². The number of hydrogen-bond donors (Lipinski definition) is 2. The van der Waals surface area contributed by atoms with Crippen molar-refractivity contribution >= 4 is 11.9 Å². The molecule has 0 spiro atoms. The molecule has 0 atom stereocenters. The Kier molecular flexibility index (Phi) is 2.31. The standard InChI is InChI=1S/C7H7N7O/c1-4-2-9-5(3-8-4)6(15)10-7-11-13-14-12-7/h2-3H,1H3,(H2,10,11,12,13,14,15). The highest BCUT2D eigenvalue weighted by Gasteiger charge is 2.09. The summed E-state index contributed by atoms with van der Waals surface area (Å²) in [5, 5.41) is 14.9. The van der Waals surface area contributed by atoms with E-state index in [1.165, 1.54) is 12.4 Å². The molecular weight excluding hydrogens is 198 g/mol. The van der Waals surface area contributed by atoms with Crippen LogP contribution >= 0.6 is 0 Å². The van der Waals surface area contributed by atoms with Crippen LogP contribution < -0.4 is 5.32 Å². The summed E-state index contributed by atoms with van der Waals surface area (Å²) in [6.45, 7) is 1.79. The Morgan fingerprint density at radius 3 is 2.87 bits per heavy atom. The molecular formula is C7H7N7O. The summed E-state index contributed by atoms with van der Waals surface area (Å²) in [5.74, 6) is -0.247. The molecule has 2 aromatic heterocycles. The van der Waals surface area contributed by atoms with Gasteiger partial charge in [0.1, 0.15) is 5.69 Å². The molecule has 0 bridgehead atoms. The van der Waals surface area contributed by atoms with E-state index < -0.39 is 5.91 Å².